The van der Waals surface area contributed by atoms with E-state index in [1.54, 1.807) is 11.3 Å². The zero-order valence-corrected chi connectivity index (χ0v) is 15.4. The standard InChI is InChI=1S/C20H24N4S/c1-15-20(25-14-23-15)13-24(12-17-6-8-21-10-17)11-16-4-5-19-18(9-16)3-2-7-22-19/h2-5,7,9,14,17,21H,6,8,10-13H2,1H3/t17-/m0/s1. The summed E-state index contributed by atoms with van der Waals surface area (Å²) in [6, 6.07) is 10.8. The van der Waals surface area contributed by atoms with Crippen molar-refractivity contribution >= 4 is 22.2 Å². The Kier molecular flexibility index (Phi) is 5.06. The lowest BCUT2D eigenvalue weighted by molar-refractivity contribution is 0.222. The van der Waals surface area contributed by atoms with Gasteiger partial charge in [0.1, 0.15) is 0 Å². The number of aryl methyl sites for hydroxylation is 1. The van der Waals surface area contributed by atoms with Crippen molar-refractivity contribution in [2.45, 2.75) is 26.4 Å². The van der Waals surface area contributed by atoms with E-state index in [2.05, 4.69) is 51.4 Å². The number of thiazole rings is 1. The summed E-state index contributed by atoms with van der Waals surface area (Å²) in [4.78, 5) is 12.8. The summed E-state index contributed by atoms with van der Waals surface area (Å²) < 4.78 is 0. The predicted molar refractivity (Wildman–Crippen MR) is 104 cm³/mol. The largest absolute Gasteiger partial charge is 0.316 e. The second kappa shape index (κ2) is 7.60. The minimum Gasteiger partial charge on any atom is -0.316 e. The van der Waals surface area contributed by atoms with Crippen LogP contribution < -0.4 is 5.32 Å². The molecule has 1 atom stereocenters. The molecule has 4 nitrogen and oxygen atoms in total. The monoisotopic (exact) mass is 352 g/mol. The number of benzene rings is 1. The molecule has 0 radical (unpaired) electrons. The lowest BCUT2D eigenvalue weighted by Gasteiger charge is -2.25. The number of hydrogen-bond acceptors (Lipinski definition) is 5. The summed E-state index contributed by atoms with van der Waals surface area (Å²) in [6.07, 6.45) is 3.13. The Hall–Kier alpha value is -1.82. The average Bonchev–Trinajstić information content (AvgIpc) is 3.27. The van der Waals surface area contributed by atoms with Gasteiger partial charge in [-0.15, -0.1) is 11.3 Å². The summed E-state index contributed by atoms with van der Waals surface area (Å²) in [7, 11) is 0. The molecule has 5 heteroatoms. The molecular weight excluding hydrogens is 328 g/mol. The van der Waals surface area contributed by atoms with E-state index in [0.29, 0.717) is 0 Å². The van der Waals surface area contributed by atoms with Gasteiger partial charge in [-0.2, -0.15) is 0 Å². The fourth-order valence-corrected chi connectivity index (χ4v) is 4.40. The highest BCUT2D eigenvalue weighted by Crippen LogP contribution is 2.21. The van der Waals surface area contributed by atoms with Crippen molar-refractivity contribution in [2.75, 3.05) is 19.6 Å². The number of nitrogens with one attached hydrogen (secondary N) is 1. The first-order chi connectivity index (χ1) is 12.3. The lowest BCUT2D eigenvalue weighted by atomic mass is 10.1. The maximum Gasteiger partial charge on any atom is 0.0798 e. The summed E-state index contributed by atoms with van der Waals surface area (Å²) in [5.41, 5.74) is 5.55. The molecule has 1 saturated heterocycles. The number of pyridine rings is 1. The first-order valence-corrected chi connectivity index (χ1v) is 9.81. The molecule has 2 aromatic heterocycles. The van der Waals surface area contributed by atoms with Gasteiger partial charge in [0.25, 0.3) is 0 Å². The molecule has 4 rings (SSSR count). The highest BCUT2D eigenvalue weighted by atomic mass is 32.1. The van der Waals surface area contributed by atoms with Crippen molar-refractivity contribution < 1.29 is 0 Å². The molecule has 3 heterocycles. The fourth-order valence-electron chi connectivity index (χ4n) is 3.58. The Balaban J connectivity index is 1.54. The number of rotatable bonds is 6. The van der Waals surface area contributed by atoms with Crippen LogP contribution >= 0.6 is 11.3 Å². The summed E-state index contributed by atoms with van der Waals surface area (Å²) in [6.45, 7) is 7.49. The Morgan fingerprint density at radius 2 is 2.20 bits per heavy atom. The van der Waals surface area contributed by atoms with Crippen molar-refractivity contribution in [3.8, 4) is 0 Å². The fraction of sp³-hybridized carbons (Fsp3) is 0.400. The van der Waals surface area contributed by atoms with Crippen LogP contribution in [0.15, 0.2) is 42.0 Å². The summed E-state index contributed by atoms with van der Waals surface area (Å²) in [5, 5.41) is 4.71. The van der Waals surface area contributed by atoms with Crippen LogP contribution in [0.3, 0.4) is 0 Å². The van der Waals surface area contributed by atoms with Gasteiger partial charge in [0, 0.05) is 36.1 Å². The zero-order valence-electron chi connectivity index (χ0n) is 14.6. The molecule has 25 heavy (non-hydrogen) atoms. The van der Waals surface area contributed by atoms with Crippen LogP contribution in [0.5, 0.6) is 0 Å². The Labute approximate surface area is 152 Å². The van der Waals surface area contributed by atoms with E-state index in [9.17, 15) is 0 Å². The molecule has 0 aliphatic carbocycles. The molecule has 0 amide bonds. The van der Waals surface area contributed by atoms with Crippen LogP contribution in [0.1, 0.15) is 22.6 Å². The molecular formula is C20H24N4S. The predicted octanol–water partition coefficient (Wildman–Crippen LogP) is 3.61. The van der Waals surface area contributed by atoms with Crippen LogP contribution in [-0.2, 0) is 13.1 Å². The van der Waals surface area contributed by atoms with E-state index in [-0.39, 0.29) is 0 Å². The van der Waals surface area contributed by atoms with Gasteiger partial charge < -0.3 is 5.32 Å². The molecule has 1 fully saturated rings. The molecule has 0 saturated carbocycles. The smallest absolute Gasteiger partial charge is 0.0798 e. The topological polar surface area (TPSA) is 41.1 Å². The number of hydrogen-bond donors (Lipinski definition) is 1. The number of fused-ring (bicyclic) bond motifs is 1. The molecule has 130 valence electrons. The van der Waals surface area contributed by atoms with E-state index < -0.39 is 0 Å². The van der Waals surface area contributed by atoms with Gasteiger partial charge in [-0.25, -0.2) is 4.98 Å². The first-order valence-electron chi connectivity index (χ1n) is 8.93. The van der Waals surface area contributed by atoms with Crippen LogP contribution in [0.2, 0.25) is 0 Å². The van der Waals surface area contributed by atoms with E-state index in [1.165, 1.54) is 27.9 Å². The molecule has 1 N–H and O–H groups in total. The van der Waals surface area contributed by atoms with Gasteiger partial charge >= 0.3 is 0 Å². The van der Waals surface area contributed by atoms with E-state index >= 15 is 0 Å². The van der Waals surface area contributed by atoms with Crippen LogP contribution in [0, 0.1) is 12.8 Å². The van der Waals surface area contributed by atoms with Gasteiger partial charge in [0.15, 0.2) is 0 Å². The van der Waals surface area contributed by atoms with Gasteiger partial charge in [0.05, 0.1) is 16.7 Å². The quantitative estimate of drug-likeness (QED) is 0.736. The lowest BCUT2D eigenvalue weighted by Crippen LogP contribution is -2.30. The third-order valence-corrected chi connectivity index (χ3v) is 5.88. The highest BCUT2D eigenvalue weighted by molar-refractivity contribution is 7.09. The average molecular weight is 353 g/mol. The molecule has 1 aliphatic rings. The normalized spacial score (nSPS) is 17.6. The van der Waals surface area contributed by atoms with Gasteiger partial charge in [-0.3, -0.25) is 9.88 Å². The molecule has 1 aliphatic heterocycles. The summed E-state index contributed by atoms with van der Waals surface area (Å²) >= 11 is 1.77. The Bertz CT molecular complexity index is 838. The van der Waals surface area contributed by atoms with Crippen molar-refractivity contribution in [2.24, 2.45) is 5.92 Å². The van der Waals surface area contributed by atoms with Crippen LogP contribution in [0.4, 0.5) is 0 Å². The minimum atomic E-state index is 0.746. The maximum atomic E-state index is 4.43. The maximum absolute atomic E-state index is 4.43. The molecule has 3 aromatic rings. The van der Waals surface area contributed by atoms with Crippen LogP contribution in [-0.4, -0.2) is 34.5 Å². The van der Waals surface area contributed by atoms with E-state index in [4.69, 9.17) is 0 Å². The third-order valence-electron chi connectivity index (χ3n) is 4.96. The van der Waals surface area contributed by atoms with Crippen molar-refractivity contribution in [3.63, 3.8) is 0 Å². The molecule has 1 aromatic carbocycles. The third kappa shape index (κ3) is 4.06. The van der Waals surface area contributed by atoms with E-state index in [0.717, 1.165) is 44.2 Å². The molecule has 0 unspecified atom stereocenters. The summed E-state index contributed by atoms with van der Waals surface area (Å²) in [5.74, 6) is 0.746. The van der Waals surface area contributed by atoms with E-state index in [1.807, 2.05) is 17.8 Å². The Morgan fingerprint density at radius 3 is 3.00 bits per heavy atom. The SMILES string of the molecule is Cc1ncsc1CN(Cc1ccc2ncccc2c1)C[C@H]1CCNC1. The van der Waals surface area contributed by atoms with Crippen LogP contribution in [0.25, 0.3) is 10.9 Å². The zero-order chi connectivity index (χ0) is 17.1. The van der Waals surface area contributed by atoms with Crippen molar-refractivity contribution in [1.82, 2.24) is 20.2 Å². The second-order valence-corrected chi connectivity index (χ2v) is 7.86. The van der Waals surface area contributed by atoms with Crippen molar-refractivity contribution in [3.05, 3.63) is 58.2 Å². The van der Waals surface area contributed by atoms with Gasteiger partial charge in [-0.05, 0) is 56.1 Å². The first kappa shape index (κ1) is 16.6. The second-order valence-electron chi connectivity index (χ2n) is 6.92. The Morgan fingerprint density at radius 1 is 1.24 bits per heavy atom. The highest BCUT2D eigenvalue weighted by Gasteiger charge is 2.19. The minimum absolute atomic E-state index is 0.746. The molecule has 0 bridgehead atoms. The van der Waals surface area contributed by atoms with Crippen molar-refractivity contribution in [1.29, 1.82) is 0 Å². The van der Waals surface area contributed by atoms with Gasteiger partial charge in [-0.1, -0.05) is 12.1 Å². The number of nitrogens with zero attached hydrogens (tertiary/aromatic N) is 3. The van der Waals surface area contributed by atoms with Gasteiger partial charge in [0.2, 0.25) is 0 Å². The molecule has 0 spiro atoms. The number of aromatic nitrogens is 2.